The van der Waals surface area contributed by atoms with Crippen LogP contribution in [0.15, 0.2) is 11.0 Å². The molecule has 5 heteroatoms. The molecule has 0 aliphatic heterocycles. The molecule has 0 amide bonds. The first-order chi connectivity index (χ1) is 6.24. The Morgan fingerprint density at radius 2 is 1.69 bits per heavy atom. The van der Waals surface area contributed by atoms with Crippen LogP contribution in [0.4, 0.5) is 0 Å². The van der Waals surface area contributed by atoms with Crippen LogP contribution in [0, 0.1) is 0 Å². The molecule has 5 nitrogen and oxygen atoms in total. The quantitative estimate of drug-likeness (QED) is 0.740. The van der Waals surface area contributed by atoms with Crippen molar-refractivity contribution in [2.75, 3.05) is 21.3 Å². The van der Waals surface area contributed by atoms with E-state index >= 15 is 0 Å². The van der Waals surface area contributed by atoms with Gasteiger partial charge < -0.3 is 19.2 Å². The maximum absolute atomic E-state index is 11.2. The minimum absolute atomic E-state index is 0.113. The molecular formula is C8H11NO4. The summed E-state index contributed by atoms with van der Waals surface area (Å²) in [7, 11) is 4.32. The van der Waals surface area contributed by atoms with E-state index in [2.05, 4.69) is 4.98 Å². The van der Waals surface area contributed by atoms with Crippen molar-refractivity contribution < 1.29 is 14.2 Å². The summed E-state index contributed by atoms with van der Waals surface area (Å²) in [5, 5.41) is 0. The number of hydrogen-bond acceptors (Lipinski definition) is 4. The average molecular weight is 185 g/mol. The predicted molar refractivity (Wildman–Crippen MR) is 46.7 cm³/mol. The molecule has 72 valence electrons. The number of aromatic amines is 1. The lowest BCUT2D eigenvalue weighted by molar-refractivity contribution is 0.319. The van der Waals surface area contributed by atoms with Crippen LogP contribution in [-0.2, 0) is 0 Å². The van der Waals surface area contributed by atoms with Gasteiger partial charge >= 0.3 is 0 Å². The Kier molecular flexibility index (Phi) is 2.79. The molecule has 0 aliphatic carbocycles. The number of H-pyrrole nitrogens is 1. The minimum atomic E-state index is -0.347. The first-order valence-electron chi connectivity index (χ1n) is 3.62. The second-order valence-electron chi connectivity index (χ2n) is 2.25. The van der Waals surface area contributed by atoms with Gasteiger partial charge in [0.25, 0.3) is 5.56 Å². The molecule has 1 aromatic rings. The average Bonchev–Trinajstić information content (AvgIpc) is 2.17. The van der Waals surface area contributed by atoms with Crippen LogP contribution in [0.5, 0.6) is 17.2 Å². The van der Waals surface area contributed by atoms with E-state index in [4.69, 9.17) is 14.2 Å². The molecule has 13 heavy (non-hydrogen) atoms. The SMILES string of the molecule is COc1c[nH]c(=O)c(OC)c1OC. The number of aromatic nitrogens is 1. The normalized spacial score (nSPS) is 9.46. The lowest BCUT2D eigenvalue weighted by atomic mass is 10.4. The van der Waals surface area contributed by atoms with E-state index in [9.17, 15) is 4.79 Å². The number of hydrogen-bond donors (Lipinski definition) is 1. The van der Waals surface area contributed by atoms with Crippen molar-refractivity contribution in [3.05, 3.63) is 16.6 Å². The van der Waals surface area contributed by atoms with Crippen molar-refractivity contribution in [3.8, 4) is 17.2 Å². The third kappa shape index (κ3) is 1.58. The highest BCUT2D eigenvalue weighted by molar-refractivity contribution is 5.48. The largest absolute Gasteiger partial charge is 0.491 e. The maximum Gasteiger partial charge on any atom is 0.294 e. The van der Waals surface area contributed by atoms with Crippen molar-refractivity contribution in [1.82, 2.24) is 4.98 Å². The minimum Gasteiger partial charge on any atom is -0.491 e. The summed E-state index contributed by atoms with van der Waals surface area (Å²) in [4.78, 5) is 13.6. The zero-order chi connectivity index (χ0) is 9.84. The molecule has 0 saturated heterocycles. The fourth-order valence-electron chi connectivity index (χ4n) is 1.01. The van der Waals surface area contributed by atoms with E-state index in [0.29, 0.717) is 11.5 Å². The van der Waals surface area contributed by atoms with Crippen LogP contribution in [0.3, 0.4) is 0 Å². The van der Waals surface area contributed by atoms with Crippen molar-refractivity contribution in [1.29, 1.82) is 0 Å². The van der Waals surface area contributed by atoms with Crippen LogP contribution < -0.4 is 19.8 Å². The lowest BCUT2D eigenvalue weighted by Crippen LogP contribution is -2.10. The third-order valence-corrected chi connectivity index (χ3v) is 1.60. The molecule has 0 aromatic carbocycles. The number of ether oxygens (including phenoxy) is 3. The second kappa shape index (κ2) is 3.84. The van der Waals surface area contributed by atoms with E-state index in [0.717, 1.165) is 0 Å². The van der Waals surface area contributed by atoms with Gasteiger partial charge in [-0.2, -0.15) is 0 Å². The fourth-order valence-corrected chi connectivity index (χ4v) is 1.01. The topological polar surface area (TPSA) is 60.6 Å². The summed E-state index contributed by atoms with van der Waals surface area (Å²) >= 11 is 0. The summed E-state index contributed by atoms with van der Waals surface area (Å²) in [5.74, 6) is 0.842. The van der Waals surface area contributed by atoms with E-state index in [-0.39, 0.29) is 11.3 Å². The summed E-state index contributed by atoms with van der Waals surface area (Å²) in [6.45, 7) is 0. The fraction of sp³-hybridized carbons (Fsp3) is 0.375. The Morgan fingerprint density at radius 3 is 2.15 bits per heavy atom. The molecule has 0 aliphatic rings. The third-order valence-electron chi connectivity index (χ3n) is 1.60. The second-order valence-corrected chi connectivity index (χ2v) is 2.25. The lowest BCUT2D eigenvalue weighted by Gasteiger charge is -2.09. The van der Waals surface area contributed by atoms with Crippen LogP contribution in [0.2, 0.25) is 0 Å². The molecule has 0 atom stereocenters. The zero-order valence-electron chi connectivity index (χ0n) is 7.71. The molecule has 0 bridgehead atoms. The monoisotopic (exact) mass is 185 g/mol. The number of nitrogens with one attached hydrogen (secondary N) is 1. The van der Waals surface area contributed by atoms with Gasteiger partial charge in [-0.3, -0.25) is 4.79 Å². The molecule has 0 fully saturated rings. The Bertz CT molecular complexity index is 344. The van der Waals surface area contributed by atoms with Gasteiger partial charge in [0.2, 0.25) is 11.5 Å². The Labute approximate surface area is 75.2 Å². The smallest absolute Gasteiger partial charge is 0.294 e. The molecule has 0 saturated carbocycles. The van der Waals surface area contributed by atoms with Gasteiger partial charge in [0.1, 0.15) is 0 Å². The highest BCUT2D eigenvalue weighted by atomic mass is 16.5. The molecule has 1 N–H and O–H groups in total. The van der Waals surface area contributed by atoms with Crippen molar-refractivity contribution in [3.63, 3.8) is 0 Å². The zero-order valence-corrected chi connectivity index (χ0v) is 7.71. The molecule has 1 rings (SSSR count). The van der Waals surface area contributed by atoms with Gasteiger partial charge in [-0.15, -0.1) is 0 Å². The van der Waals surface area contributed by atoms with Gasteiger partial charge in [-0.25, -0.2) is 0 Å². The molecular weight excluding hydrogens is 174 g/mol. The summed E-state index contributed by atoms with van der Waals surface area (Å²) in [5.41, 5.74) is -0.347. The first-order valence-corrected chi connectivity index (χ1v) is 3.62. The predicted octanol–water partition coefficient (Wildman–Crippen LogP) is 0.401. The van der Waals surface area contributed by atoms with Gasteiger partial charge in [0.05, 0.1) is 27.5 Å². The molecule has 1 aromatic heterocycles. The van der Waals surface area contributed by atoms with Crippen molar-refractivity contribution in [2.24, 2.45) is 0 Å². The molecule has 0 spiro atoms. The highest BCUT2D eigenvalue weighted by Gasteiger charge is 2.13. The standard InChI is InChI=1S/C8H11NO4/c1-11-5-4-9-8(10)7(13-3)6(5)12-2/h4H,1-3H3,(H,9,10). The van der Waals surface area contributed by atoms with E-state index in [1.807, 2.05) is 0 Å². The Hall–Kier alpha value is -1.65. The van der Waals surface area contributed by atoms with Crippen LogP contribution in [0.25, 0.3) is 0 Å². The van der Waals surface area contributed by atoms with Crippen molar-refractivity contribution in [2.45, 2.75) is 0 Å². The van der Waals surface area contributed by atoms with Gasteiger partial charge in [0, 0.05) is 0 Å². The van der Waals surface area contributed by atoms with Crippen LogP contribution in [-0.4, -0.2) is 26.3 Å². The Balaban J connectivity index is 3.36. The number of methoxy groups -OCH3 is 3. The molecule has 1 heterocycles. The number of rotatable bonds is 3. The summed E-state index contributed by atoms with van der Waals surface area (Å²) < 4.78 is 14.8. The Morgan fingerprint density at radius 1 is 1.08 bits per heavy atom. The first kappa shape index (κ1) is 9.44. The van der Waals surface area contributed by atoms with Crippen LogP contribution >= 0.6 is 0 Å². The van der Waals surface area contributed by atoms with Gasteiger partial charge in [0.15, 0.2) is 5.75 Å². The number of pyridine rings is 1. The van der Waals surface area contributed by atoms with Crippen molar-refractivity contribution >= 4 is 0 Å². The van der Waals surface area contributed by atoms with Crippen LogP contribution in [0.1, 0.15) is 0 Å². The van der Waals surface area contributed by atoms with Gasteiger partial charge in [-0.05, 0) is 0 Å². The van der Waals surface area contributed by atoms with E-state index in [1.165, 1.54) is 27.5 Å². The molecule has 0 radical (unpaired) electrons. The summed E-state index contributed by atoms with van der Waals surface area (Å²) in [6, 6.07) is 0. The summed E-state index contributed by atoms with van der Waals surface area (Å²) in [6.07, 6.45) is 1.42. The van der Waals surface area contributed by atoms with Gasteiger partial charge in [-0.1, -0.05) is 0 Å². The molecule has 0 unspecified atom stereocenters. The highest BCUT2D eigenvalue weighted by Crippen LogP contribution is 2.32. The van der Waals surface area contributed by atoms with E-state index < -0.39 is 0 Å². The van der Waals surface area contributed by atoms with E-state index in [1.54, 1.807) is 0 Å². The maximum atomic E-state index is 11.2.